The van der Waals surface area contributed by atoms with Crippen LogP contribution in [0.2, 0.25) is 0 Å². The molecule has 0 aliphatic heterocycles. The summed E-state index contributed by atoms with van der Waals surface area (Å²) in [7, 11) is 0. The predicted octanol–water partition coefficient (Wildman–Crippen LogP) is 5.59. The van der Waals surface area contributed by atoms with Gasteiger partial charge in [0.1, 0.15) is 17.3 Å². The highest BCUT2D eigenvalue weighted by molar-refractivity contribution is 6.04. The van der Waals surface area contributed by atoms with Crippen molar-refractivity contribution >= 4 is 5.78 Å². The standard InChI is InChI=1S/C23H28O4/c1-13(24)19-16(25)7-8-17(26)20(19)21-14-6-9-18-22(2,3)10-5-11-23(18,4)15(14)12-27-21/h7-8,12,18,25-26H,5-6,9-11H2,1-4H3/t18-,23+/m0/s1. The molecule has 2 aliphatic carbocycles. The Morgan fingerprint density at radius 3 is 2.56 bits per heavy atom. The molecule has 4 heteroatoms. The second kappa shape index (κ2) is 5.88. The van der Waals surface area contributed by atoms with Crippen LogP contribution in [0.4, 0.5) is 0 Å². The summed E-state index contributed by atoms with van der Waals surface area (Å²) in [6.07, 6.45) is 7.31. The van der Waals surface area contributed by atoms with Crippen LogP contribution in [-0.4, -0.2) is 16.0 Å². The van der Waals surface area contributed by atoms with E-state index in [1.165, 1.54) is 37.5 Å². The number of hydrogen-bond acceptors (Lipinski definition) is 4. The van der Waals surface area contributed by atoms with E-state index >= 15 is 0 Å². The molecular formula is C23H28O4. The van der Waals surface area contributed by atoms with E-state index in [2.05, 4.69) is 20.8 Å². The van der Waals surface area contributed by atoms with Gasteiger partial charge in [0.15, 0.2) is 5.78 Å². The number of Topliss-reactive ketones (excluding diaryl/α,β-unsaturated/α-hetero) is 1. The molecule has 0 spiro atoms. The van der Waals surface area contributed by atoms with Crippen molar-refractivity contribution in [2.75, 3.05) is 0 Å². The summed E-state index contributed by atoms with van der Waals surface area (Å²) in [6.45, 7) is 8.48. The first-order valence-electron chi connectivity index (χ1n) is 9.84. The Morgan fingerprint density at radius 2 is 1.85 bits per heavy atom. The molecule has 1 fully saturated rings. The van der Waals surface area contributed by atoms with Gasteiger partial charge in [-0.3, -0.25) is 4.79 Å². The molecule has 0 amide bonds. The molecule has 1 saturated carbocycles. The van der Waals surface area contributed by atoms with Crippen LogP contribution in [0.5, 0.6) is 11.5 Å². The first-order chi connectivity index (χ1) is 12.7. The SMILES string of the molecule is CC(=O)c1c(O)ccc(O)c1-c1occ2c1CC[C@H]1C(C)(C)CCC[C@]21C. The number of phenolic OH excluding ortho intramolecular Hbond substituents is 2. The van der Waals surface area contributed by atoms with E-state index in [4.69, 9.17) is 4.42 Å². The van der Waals surface area contributed by atoms with Gasteiger partial charge in [0.25, 0.3) is 0 Å². The van der Waals surface area contributed by atoms with Gasteiger partial charge in [0, 0.05) is 11.1 Å². The van der Waals surface area contributed by atoms with Crippen LogP contribution in [0.25, 0.3) is 11.3 Å². The van der Waals surface area contributed by atoms with Gasteiger partial charge in [0.2, 0.25) is 0 Å². The number of carbonyl (C=O) groups is 1. The third kappa shape index (κ3) is 2.53. The second-order valence-corrected chi connectivity index (χ2v) is 9.22. The molecule has 2 aliphatic rings. The minimum atomic E-state index is -0.290. The van der Waals surface area contributed by atoms with Crippen molar-refractivity contribution < 1.29 is 19.4 Å². The monoisotopic (exact) mass is 368 g/mol. The lowest BCUT2D eigenvalue weighted by molar-refractivity contribution is 0.0409. The van der Waals surface area contributed by atoms with Crippen LogP contribution in [0.1, 0.15) is 74.9 Å². The Labute approximate surface area is 160 Å². The van der Waals surface area contributed by atoms with Gasteiger partial charge >= 0.3 is 0 Å². The Morgan fingerprint density at radius 1 is 1.15 bits per heavy atom. The summed E-state index contributed by atoms with van der Waals surface area (Å²) in [6, 6.07) is 2.77. The summed E-state index contributed by atoms with van der Waals surface area (Å²) in [5, 5.41) is 20.7. The molecule has 144 valence electrons. The van der Waals surface area contributed by atoms with Crippen LogP contribution in [-0.2, 0) is 11.8 Å². The quantitative estimate of drug-likeness (QED) is 0.535. The Hall–Kier alpha value is -2.23. The lowest BCUT2D eigenvalue weighted by Gasteiger charge is -2.53. The van der Waals surface area contributed by atoms with Crippen molar-refractivity contribution in [3.05, 3.63) is 35.1 Å². The van der Waals surface area contributed by atoms with E-state index in [1.807, 2.05) is 6.26 Å². The van der Waals surface area contributed by atoms with E-state index in [9.17, 15) is 15.0 Å². The van der Waals surface area contributed by atoms with Crippen molar-refractivity contribution in [2.24, 2.45) is 11.3 Å². The van der Waals surface area contributed by atoms with E-state index in [-0.39, 0.29) is 28.3 Å². The first kappa shape index (κ1) is 18.1. The number of benzene rings is 1. The van der Waals surface area contributed by atoms with Crippen LogP contribution in [0.15, 0.2) is 22.8 Å². The number of hydrogen-bond donors (Lipinski definition) is 2. The highest BCUT2D eigenvalue weighted by Gasteiger charge is 2.51. The Kier molecular flexibility index (Phi) is 3.95. The number of ketones is 1. The fraction of sp³-hybridized carbons (Fsp3) is 0.522. The molecule has 0 unspecified atom stereocenters. The molecule has 1 aromatic carbocycles. The summed E-state index contributed by atoms with van der Waals surface area (Å²) < 4.78 is 5.99. The van der Waals surface area contributed by atoms with Crippen LogP contribution in [0, 0.1) is 11.3 Å². The highest BCUT2D eigenvalue weighted by Crippen LogP contribution is 2.58. The predicted molar refractivity (Wildman–Crippen MR) is 104 cm³/mol. The largest absolute Gasteiger partial charge is 0.507 e. The van der Waals surface area contributed by atoms with Gasteiger partial charge in [-0.1, -0.05) is 27.2 Å². The van der Waals surface area contributed by atoms with Gasteiger partial charge in [0.05, 0.1) is 17.4 Å². The zero-order valence-corrected chi connectivity index (χ0v) is 16.6. The first-order valence-corrected chi connectivity index (χ1v) is 9.84. The van der Waals surface area contributed by atoms with E-state index in [1.54, 1.807) is 0 Å². The third-order valence-electron chi connectivity index (χ3n) is 7.16. The van der Waals surface area contributed by atoms with Gasteiger partial charge in [-0.15, -0.1) is 0 Å². The Bertz CT molecular complexity index is 921. The molecule has 2 N–H and O–H groups in total. The highest BCUT2D eigenvalue weighted by atomic mass is 16.3. The minimum Gasteiger partial charge on any atom is -0.507 e. The maximum atomic E-state index is 12.2. The fourth-order valence-corrected chi connectivity index (χ4v) is 5.93. The smallest absolute Gasteiger partial charge is 0.164 e. The summed E-state index contributed by atoms with van der Waals surface area (Å²) in [5.74, 6) is 0.668. The number of phenols is 2. The molecule has 0 radical (unpaired) electrons. The molecule has 1 aromatic heterocycles. The van der Waals surface area contributed by atoms with Gasteiger partial charge in [-0.05, 0) is 61.5 Å². The van der Waals surface area contributed by atoms with E-state index in [0.29, 0.717) is 22.7 Å². The molecule has 2 aromatic rings. The molecule has 1 heterocycles. The molecule has 27 heavy (non-hydrogen) atoms. The molecule has 0 saturated heterocycles. The van der Waals surface area contributed by atoms with E-state index in [0.717, 1.165) is 24.8 Å². The van der Waals surface area contributed by atoms with Gasteiger partial charge in [-0.25, -0.2) is 0 Å². The normalized spacial score (nSPS) is 26.3. The Balaban J connectivity index is 1.91. The van der Waals surface area contributed by atoms with Crippen molar-refractivity contribution in [1.29, 1.82) is 0 Å². The second-order valence-electron chi connectivity index (χ2n) is 9.22. The van der Waals surface area contributed by atoms with Crippen LogP contribution < -0.4 is 0 Å². The van der Waals surface area contributed by atoms with Crippen molar-refractivity contribution in [2.45, 2.75) is 65.2 Å². The number of fused-ring (bicyclic) bond motifs is 3. The maximum absolute atomic E-state index is 12.2. The maximum Gasteiger partial charge on any atom is 0.164 e. The average molecular weight is 368 g/mol. The number of carbonyl (C=O) groups excluding carboxylic acids is 1. The molecule has 2 atom stereocenters. The lowest BCUT2D eigenvalue weighted by Crippen LogP contribution is -2.47. The average Bonchev–Trinajstić information content (AvgIpc) is 3.00. The fourth-order valence-electron chi connectivity index (χ4n) is 5.93. The van der Waals surface area contributed by atoms with Crippen LogP contribution in [0.3, 0.4) is 0 Å². The van der Waals surface area contributed by atoms with E-state index < -0.39 is 0 Å². The van der Waals surface area contributed by atoms with Crippen molar-refractivity contribution in [3.63, 3.8) is 0 Å². The number of aromatic hydroxyl groups is 2. The number of furan rings is 1. The molecular weight excluding hydrogens is 340 g/mol. The molecule has 0 bridgehead atoms. The minimum absolute atomic E-state index is 0.0357. The summed E-state index contributed by atoms with van der Waals surface area (Å²) in [4.78, 5) is 12.2. The van der Waals surface area contributed by atoms with Crippen molar-refractivity contribution in [3.8, 4) is 22.8 Å². The molecule has 4 rings (SSSR count). The topological polar surface area (TPSA) is 70.7 Å². The van der Waals surface area contributed by atoms with Crippen LogP contribution >= 0.6 is 0 Å². The lowest BCUT2D eigenvalue weighted by atomic mass is 9.51. The zero-order chi connectivity index (χ0) is 19.6. The third-order valence-corrected chi connectivity index (χ3v) is 7.16. The molecule has 4 nitrogen and oxygen atoms in total. The van der Waals surface area contributed by atoms with Gasteiger partial charge < -0.3 is 14.6 Å². The van der Waals surface area contributed by atoms with Gasteiger partial charge in [-0.2, -0.15) is 0 Å². The summed E-state index contributed by atoms with van der Waals surface area (Å²) in [5.41, 5.74) is 3.07. The van der Waals surface area contributed by atoms with Crippen molar-refractivity contribution in [1.82, 2.24) is 0 Å². The number of rotatable bonds is 2. The zero-order valence-electron chi connectivity index (χ0n) is 16.6. The summed E-state index contributed by atoms with van der Waals surface area (Å²) >= 11 is 0.